The second-order valence-corrected chi connectivity index (χ2v) is 8.49. The van der Waals surface area contributed by atoms with Gasteiger partial charge >= 0.3 is 0 Å². The van der Waals surface area contributed by atoms with Crippen LogP contribution in [0.3, 0.4) is 0 Å². The van der Waals surface area contributed by atoms with Gasteiger partial charge < -0.3 is 24.6 Å². The molecule has 9 nitrogen and oxygen atoms in total. The minimum Gasteiger partial charge on any atom is -0.490 e. The van der Waals surface area contributed by atoms with Gasteiger partial charge in [0.1, 0.15) is 19.0 Å². The first kappa shape index (κ1) is 24.2. The molecule has 0 aliphatic carbocycles. The zero-order valence-corrected chi connectivity index (χ0v) is 19.9. The first-order chi connectivity index (χ1) is 16.4. The number of aromatic nitrogens is 2. The summed E-state index contributed by atoms with van der Waals surface area (Å²) in [7, 11) is 1.62. The lowest BCUT2D eigenvalue weighted by Crippen LogP contribution is -2.55. The van der Waals surface area contributed by atoms with Crippen molar-refractivity contribution in [3.8, 4) is 11.8 Å². The molecule has 1 amide bonds. The Morgan fingerprint density at radius 3 is 2.50 bits per heavy atom. The van der Waals surface area contributed by atoms with Gasteiger partial charge in [-0.2, -0.15) is 4.98 Å². The Morgan fingerprint density at radius 2 is 1.79 bits per heavy atom. The molecule has 11 heteroatoms. The average molecular weight is 507 g/mol. The number of ether oxygens (including phenoxy) is 2. The minimum atomic E-state index is -1.26. The van der Waals surface area contributed by atoms with E-state index in [-0.39, 0.29) is 50.4 Å². The van der Waals surface area contributed by atoms with Crippen LogP contribution in [0.25, 0.3) is 0 Å². The van der Waals surface area contributed by atoms with Crippen molar-refractivity contribution in [2.24, 2.45) is 0 Å². The number of β-amino-alcohol motifs (C(OH)–C–C–N with tert-alkyl or cyclic N) is 1. The fourth-order valence-electron chi connectivity index (χ4n) is 3.64. The van der Waals surface area contributed by atoms with Crippen LogP contribution in [0.1, 0.15) is 16.1 Å². The number of hydrogen-bond acceptors (Lipinski definition) is 7. The predicted molar refractivity (Wildman–Crippen MR) is 128 cm³/mol. The van der Waals surface area contributed by atoms with Crippen LogP contribution in [0.2, 0.25) is 10.0 Å². The van der Waals surface area contributed by atoms with Crippen LogP contribution in [-0.4, -0.2) is 70.3 Å². The van der Waals surface area contributed by atoms with Gasteiger partial charge in [-0.3, -0.25) is 14.3 Å². The number of anilines is 1. The lowest BCUT2D eigenvalue weighted by atomic mass is 10.2. The number of fused-ring (bicyclic) bond motifs is 1. The van der Waals surface area contributed by atoms with E-state index in [1.807, 2.05) is 12.1 Å². The molecule has 1 aromatic heterocycles. The van der Waals surface area contributed by atoms with Gasteiger partial charge in [-0.25, -0.2) is 0 Å². The molecule has 2 heterocycles. The summed E-state index contributed by atoms with van der Waals surface area (Å²) in [5.74, 6) is 0.435. The summed E-state index contributed by atoms with van der Waals surface area (Å²) in [4.78, 5) is 20.4. The summed E-state index contributed by atoms with van der Waals surface area (Å²) in [5, 5.41) is 21.1. The zero-order chi connectivity index (χ0) is 24.2. The van der Waals surface area contributed by atoms with Crippen molar-refractivity contribution >= 4 is 34.9 Å². The fraction of sp³-hybridized carbons (Fsp3) is 0.304. The van der Waals surface area contributed by atoms with Crippen LogP contribution in [0.4, 0.5) is 5.82 Å². The zero-order valence-electron chi connectivity index (χ0n) is 18.4. The largest absolute Gasteiger partial charge is 0.490 e. The van der Waals surface area contributed by atoms with E-state index in [2.05, 4.69) is 4.98 Å². The maximum atomic E-state index is 13.2. The molecule has 1 aliphatic heterocycles. The highest BCUT2D eigenvalue weighted by Crippen LogP contribution is 2.33. The summed E-state index contributed by atoms with van der Waals surface area (Å²) in [6.07, 6.45) is -1.26. The van der Waals surface area contributed by atoms with E-state index in [0.29, 0.717) is 15.8 Å². The smallest absolute Gasteiger partial charge is 0.299 e. The molecule has 1 unspecified atom stereocenters. The number of benzene rings is 2. The van der Waals surface area contributed by atoms with Gasteiger partial charge in [0.25, 0.3) is 11.9 Å². The number of aliphatic hydroxyl groups is 2. The number of nitrogens with zero attached hydrogens (tertiary/aromatic N) is 4. The van der Waals surface area contributed by atoms with E-state index in [1.165, 1.54) is 9.80 Å². The number of hydrogen-bond donors (Lipinski definition) is 2. The van der Waals surface area contributed by atoms with E-state index in [1.54, 1.807) is 48.0 Å². The molecule has 3 aromatic rings. The van der Waals surface area contributed by atoms with E-state index < -0.39 is 12.3 Å². The molecule has 0 saturated carbocycles. The SMILES string of the molecule is CN1c2nc(OCCOc3cccc(Cl)c3)n(Cc3ccc(Cl)cc3)c2C(=O)N(CCO)C1O. The Hall–Kier alpha value is -2.98. The van der Waals surface area contributed by atoms with Crippen molar-refractivity contribution in [3.05, 3.63) is 69.8 Å². The van der Waals surface area contributed by atoms with Gasteiger partial charge in [0.15, 0.2) is 11.5 Å². The number of amides is 1. The molecule has 180 valence electrons. The molecule has 1 aliphatic rings. The van der Waals surface area contributed by atoms with Gasteiger partial charge in [0.2, 0.25) is 6.35 Å². The van der Waals surface area contributed by atoms with Gasteiger partial charge in [-0.1, -0.05) is 41.4 Å². The molecule has 2 N–H and O–H groups in total. The Bertz CT molecular complexity index is 1150. The van der Waals surface area contributed by atoms with Crippen molar-refractivity contribution in [1.82, 2.24) is 14.5 Å². The van der Waals surface area contributed by atoms with Gasteiger partial charge in [0.05, 0.1) is 13.2 Å². The van der Waals surface area contributed by atoms with E-state index in [0.717, 1.165) is 5.56 Å². The van der Waals surface area contributed by atoms with Crippen LogP contribution in [0.15, 0.2) is 48.5 Å². The molecule has 4 rings (SSSR count). The van der Waals surface area contributed by atoms with Crippen molar-refractivity contribution in [2.75, 3.05) is 38.3 Å². The molecule has 0 fully saturated rings. The second kappa shape index (κ2) is 10.5. The molecular weight excluding hydrogens is 483 g/mol. The second-order valence-electron chi connectivity index (χ2n) is 7.61. The maximum absolute atomic E-state index is 13.2. The molecule has 0 saturated heterocycles. The first-order valence-corrected chi connectivity index (χ1v) is 11.3. The third-order valence-corrected chi connectivity index (χ3v) is 5.80. The third-order valence-electron chi connectivity index (χ3n) is 5.31. The van der Waals surface area contributed by atoms with Crippen molar-refractivity contribution < 1.29 is 24.5 Å². The molecule has 34 heavy (non-hydrogen) atoms. The summed E-state index contributed by atoms with van der Waals surface area (Å²) >= 11 is 12.0. The lowest BCUT2D eigenvalue weighted by Gasteiger charge is -2.38. The number of rotatable bonds is 9. The third kappa shape index (κ3) is 5.07. The average Bonchev–Trinajstić information content (AvgIpc) is 3.18. The quantitative estimate of drug-likeness (QED) is 0.430. The van der Waals surface area contributed by atoms with E-state index in [4.69, 9.17) is 32.7 Å². The van der Waals surface area contributed by atoms with Gasteiger partial charge in [-0.05, 0) is 35.9 Å². The maximum Gasteiger partial charge on any atom is 0.299 e. The number of imidazole rings is 1. The Labute approximate surface area is 206 Å². The normalized spacial score (nSPS) is 15.4. The van der Waals surface area contributed by atoms with Gasteiger partial charge in [0, 0.05) is 23.6 Å². The van der Waals surface area contributed by atoms with Crippen molar-refractivity contribution in [3.63, 3.8) is 0 Å². The lowest BCUT2D eigenvalue weighted by molar-refractivity contribution is -0.00309. The Kier molecular flexibility index (Phi) is 7.47. The predicted octanol–water partition coefficient (Wildman–Crippen LogP) is 2.86. The Morgan fingerprint density at radius 1 is 1.06 bits per heavy atom. The van der Waals surface area contributed by atoms with Crippen LogP contribution in [-0.2, 0) is 6.54 Å². The van der Waals surface area contributed by atoms with Gasteiger partial charge in [-0.15, -0.1) is 0 Å². The van der Waals surface area contributed by atoms with Crippen molar-refractivity contribution in [2.45, 2.75) is 12.9 Å². The molecule has 0 radical (unpaired) electrons. The summed E-state index contributed by atoms with van der Waals surface area (Å²) < 4.78 is 13.2. The van der Waals surface area contributed by atoms with Crippen LogP contribution < -0.4 is 14.4 Å². The minimum absolute atomic E-state index is 0.0282. The number of carbonyl (C=O) groups is 1. The molecule has 0 bridgehead atoms. The molecule has 1 atom stereocenters. The number of aliphatic hydroxyl groups excluding tert-OH is 2. The fourth-order valence-corrected chi connectivity index (χ4v) is 3.95. The summed E-state index contributed by atoms with van der Waals surface area (Å²) in [6.45, 7) is 0.347. The standard InChI is InChI=1S/C23H24Cl2N4O5/c1-27-20-19(21(31)28(9-10-30)23(27)32)29(14-15-5-7-16(24)8-6-15)22(26-20)34-12-11-33-18-4-2-3-17(25)13-18/h2-8,13,23,30,32H,9-12,14H2,1H3. The first-order valence-electron chi connectivity index (χ1n) is 10.6. The Balaban J connectivity index is 1.60. The van der Waals surface area contributed by atoms with Crippen molar-refractivity contribution in [1.29, 1.82) is 0 Å². The monoisotopic (exact) mass is 506 g/mol. The number of halogens is 2. The number of carbonyl (C=O) groups excluding carboxylic acids is 1. The molecule has 2 aromatic carbocycles. The molecular formula is C23H24Cl2N4O5. The summed E-state index contributed by atoms with van der Waals surface area (Å²) in [5.41, 5.74) is 1.13. The van der Waals surface area contributed by atoms with Crippen LogP contribution in [0, 0.1) is 0 Å². The van der Waals surface area contributed by atoms with E-state index >= 15 is 0 Å². The van der Waals surface area contributed by atoms with Crippen LogP contribution in [0.5, 0.6) is 11.8 Å². The highest BCUT2D eigenvalue weighted by Gasteiger charge is 2.40. The molecule has 0 spiro atoms. The topological polar surface area (TPSA) is 100 Å². The van der Waals surface area contributed by atoms with E-state index in [9.17, 15) is 15.0 Å². The highest BCUT2D eigenvalue weighted by atomic mass is 35.5. The van der Waals surface area contributed by atoms with Crippen LogP contribution >= 0.6 is 23.2 Å². The summed E-state index contributed by atoms with van der Waals surface area (Å²) in [6, 6.07) is 14.4. The highest BCUT2D eigenvalue weighted by molar-refractivity contribution is 6.30.